The molecule has 0 bridgehead atoms. The smallest absolute Gasteiger partial charge is 0.230 e. The van der Waals surface area contributed by atoms with Crippen LogP contribution in [0.4, 0.5) is 13.9 Å². The summed E-state index contributed by atoms with van der Waals surface area (Å²) in [5.41, 5.74) is -0.318. The molecule has 0 aliphatic carbocycles. The molecular weight excluding hydrogens is 392 g/mol. The summed E-state index contributed by atoms with van der Waals surface area (Å²) < 4.78 is 27.3. The molecule has 0 saturated carbocycles. The Balaban J connectivity index is 1.78. The van der Waals surface area contributed by atoms with Crippen LogP contribution in [0.5, 0.6) is 0 Å². The molecule has 0 saturated heterocycles. The van der Waals surface area contributed by atoms with Crippen LogP contribution in [0.25, 0.3) is 10.6 Å². The Morgan fingerprint density at radius 1 is 1.26 bits per heavy atom. The van der Waals surface area contributed by atoms with Crippen molar-refractivity contribution in [3.8, 4) is 10.6 Å². The monoisotopic (exact) mass is 409 g/mol. The fraction of sp³-hybridized carbons (Fsp3) is 0.278. The van der Waals surface area contributed by atoms with Gasteiger partial charge in [0.05, 0.1) is 27.7 Å². The van der Waals surface area contributed by atoms with Crippen molar-refractivity contribution in [3.05, 3.63) is 51.5 Å². The van der Waals surface area contributed by atoms with Gasteiger partial charge in [0.1, 0.15) is 17.2 Å². The molecule has 5 nitrogen and oxygen atoms in total. The number of aliphatic hydroxyl groups is 1. The summed E-state index contributed by atoms with van der Waals surface area (Å²) in [4.78, 5) is 21.6. The van der Waals surface area contributed by atoms with E-state index in [9.17, 15) is 18.7 Å². The van der Waals surface area contributed by atoms with E-state index in [-0.39, 0.29) is 5.56 Å². The molecule has 3 rings (SSSR count). The summed E-state index contributed by atoms with van der Waals surface area (Å²) in [5, 5.41) is 15.7. The highest BCUT2D eigenvalue weighted by Gasteiger charge is 2.26. The summed E-state index contributed by atoms with van der Waals surface area (Å²) in [6.07, 6.45) is -0.429. The molecule has 142 valence electrons. The maximum absolute atomic E-state index is 13.7. The maximum Gasteiger partial charge on any atom is 0.230 e. The number of hydrogen-bond acceptors (Lipinski definition) is 6. The molecule has 1 aromatic carbocycles. The van der Waals surface area contributed by atoms with Crippen molar-refractivity contribution in [2.24, 2.45) is 0 Å². The van der Waals surface area contributed by atoms with Crippen LogP contribution < -0.4 is 5.32 Å². The highest BCUT2D eigenvalue weighted by atomic mass is 32.1. The van der Waals surface area contributed by atoms with Gasteiger partial charge >= 0.3 is 0 Å². The van der Waals surface area contributed by atoms with Crippen LogP contribution in [0.3, 0.4) is 0 Å². The number of anilines is 1. The zero-order valence-corrected chi connectivity index (χ0v) is 16.5. The van der Waals surface area contributed by atoms with Crippen LogP contribution in [0.15, 0.2) is 23.6 Å². The quantitative estimate of drug-likeness (QED) is 0.660. The van der Waals surface area contributed by atoms with Gasteiger partial charge in [0.2, 0.25) is 5.91 Å². The third-order valence-corrected chi connectivity index (χ3v) is 5.45. The minimum atomic E-state index is -1.13. The average Bonchev–Trinajstić information content (AvgIpc) is 3.17. The highest BCUT2D eigenvalue weighted by Crippen LogP contribution is 2.37. The Morgan fingerprint density at radius 3 is 2.56 bits per heavy atom. The van der Waals surface area contributed by atoms with Gasteiger partial charge in [0.25, 0.3) is 0 Å². The van der Waals surface area contributed by atoms with E-state index in [1.165, 1.54) is 28.7 Å². The SMILES string of the molecule is Cc1nc(C(C)(C)O)c(-c2csc(NC(=O)Cc3c(F)cccc3F)n2)s1. The van der Waals surface area contributed by atoms with Crippen molar-refractivity contribution in [2.75, 3.05) is 5.32 Å². The molecule has 27 heavy (non-hydrogen) atoms. The lowest BCUT2D eigenvalue weighted by molar-refractivity contribution is -0.115. The zero-order chi connectivity index (χ0) is 19.8. The summed E-state index contributed by atoms with van der Waals surface area (Å²) in [6.45, 7) is 5.12. The number of aromatic nitrogens is 2. The van der Waals surface area contributed by atoms with Gasteiger partial charge < -0.3 is 10.4 Å². The van der Waals surface area contributed by atoms with Crippen LogP contribution in [0, 0.1) is 18.6 Å². The van der Waals surface area contributed by atoms with E-state index in [2.05, 4.69) is 15.3 Å². The molecule has 1 amide bonds. The predicted molar refractivity (Wildman–Crippen MR) is 102 cm³/mol. The number of rotatable bonds is 5. The van der Waals surface area contributed by atoms with E-state index in [0.717, 1.165) is 22.0 Å². The Hall–Kier alpha value is -2.23. The Kier molecular flexibility index (Phi) is 5.36. The van der Waals surface area contributed by atoms with Crippen molar-refractivity contribution in [1.82, 2.24) is 9.97 Å². The molecule has 0 aliphatic heterocycles. The van der Waals surface area contributed by atoms with Gasteiger partial charge in [-0.15, -0.1) is 22.7 Å². The van der Waals surface area contributed by atoms with Crippen molar-refractivity contribution in [2.45, 2.75) is 32.8 Å². The van der Waals surface area contributed by atoms with Crippen LogP contribution in [0.2, 0.25) is 0 Å². The van der Waals surface area contributed by atoms with E-state index < -0.39 is 29.6 Å². The van der Waals surface area contributed by atoms with Crippen LogP contribution >= 0.6 is 22.7 Å². The molecule has 0 aliphatic rings. The van der Waals surface area contributed by atoms with Crippen LogP contribution in [0.1, 0.15) is 30.1 Å². The maximum atomic E-state index is 13.7. The number of nitrogens with zero attached hydrogens (tertiary/aromatic N) is 2. The number of aryl methyl sites for hydroxylation is 1. The summed E-state index contributed by atoms with van der Waals surface area (Å²) in [6, 6.07) is 3.46. The van der Waals surface area contributed by atoms with E-state index in [0.29, 0.717) is 16.5 Å². The molecule has 3 aromatic rings. The largest absolute Gasteiger partial charge is 0.384 e. The molecule has 0 unspecified atom stereocenters. The first-order chi connectivity index (χ1) is 12.6. The molecule has 0 radical (unpaired) electrons. The number of hydrogen-bond donors (Lipinski definition) is 2. The fourth-order valence-electron chi connectivity index (χ4n) is 2.48. The topological polar surface area (TPSA) is 75.1 Å². The molecule has 2 aromatic heterocycles. The number of carbonyl (C=O) groups excluding carboxylic acids is 1. The standard InChI is InChI=1S/C18H17F2N3O2S2/c1-9-21-16(18(2,3)25)15(27-9)13-8-26-17(22-13)23-14(24)7-10-11(19)5-4-6-12(10)20/h4-6,8,25H,7H2,1-3H3,(H,22,23,24). The fourth-order valence-corrected chi connectivity index (χ4v) is 4.30. The van der Waals surface area contributed by atoms with E-state index in [1.54, 1.807) is 19.2 Å². The average molecular weight is 409 g/mol. The second-order valence-corrected chi connectivity index (χ2v) is 8.49. The second-order valence-electron chi connectivity index (χ2n) is 6.43. The van der Waals surface area contributed by atoms with Crippen LogP contribution in [-0.2, 0) is 16.8 Å². The first-order valence-electron chi connectivity index (χ1n) is 8.04. The van der Waals surface area contributed by atoms with E-state index >= 15 is 0 Å². The van der Waals surface area contributed by atoms with Gasteiger partial charge in [-0.1, -0.05) is 6.07 Å². The zero-order valence-electron chi connectivity index (χ0n) is 14.8. The highest BCUT2D eigenvalue weighted by molar-refractivity contribution is 7.16. The van der Waals surface area contributed by atoms with Crippen molar-refractivity contribution in [1.29, 1.82) is 0 Å². The van der Waals surface area contributed by atoms with Crippen molar-refractivity contribution in [3.63, 3.8) is 0 Å². The van der Waals surface area contributed by atoms with Gasteiger partial charge in [-0.05, 0) is 32.9 Å². The van der Waals surface area contributed by atoms with Gasteiger partial charge in [-0.2, -0.15) is 0 Å². The van der Waals surface area contributed by atoms with Gasteiger partial charge in [-0.3, -0.25) is 4.79 Å². The third-order valence-electron chi connectivity index (χ3n) is 3.70. The van der Waals surface area contributed by atoms with Gasteiger partial charge in [-0.25, -0.2) is 18.7 Å². The minimum absolute atomic E-state index is 0.283. The third kappa shape index (κ3) is 4.37. The molecule has 0 atom stereocenters. The molecule has 9 heteroatoms. The van der Waals surface area contributed by atoms with Gasteiger partial charge in [0, 0.05) is 10.9 Å². The second kappa shape index (κ2) is 7.41. The van der Waals surface area contributed by atoms with E-state index in [1.807, 2.05) is 6.92 Å². The normalized spacial score (nSPS) is 11.6. The Morgan fingerprint density at radius 2 is 1.93 bits per heavy atom. The number of carbonyl (C=O) groups is 1. The van der Waals surface area contributed by atoms with Gasteiger partial charge in [0.15, 0.2) is 5.13 Å². The summed E-state index contributed by atoms with van der Waals surface area (Å²) >= 11 is 2.58. The molecule has 2 heterocycles. The van der Waals surface area contributed by atoms with Crippen molar-refractivity contribution < 1.29 is 18.7 Å². The minimum Gasteiger partial charge on any atom is -0.384 e. The number of amides is 1. The molecule has 0 spiro atoms. The summed E-state index contributed by atoms with van der Waals surface area (Å²) in [7, 11) is 0. The molecule has 0 fully saturated rings. The van der Waals surface area contributed by atoms with Crippen LogP contribution in [-0.4, -0.2) is 21.0 Å². The number of nitrogens with one attached hydrogen (secondary N) is 1. The number of thiazole rings is 2. The lowest BCUT2D eigenvalue weighted by Gasteiger charge is -2.15. The first-order valence-corrected chi connectivity index (χ1v) is 9.73. The lowest BCUT2D eigenvalue weighted by Crippen LogP contribution is -2.17. The Bertz CT molecular complexity index is 973. The molecular formula is C18H17F2N3O2S2. The van der Waals surface area contributed by atoms with E-state index in [4.69, 9.17) is 0 Å². The Labute approximate surface area is 162 Å². The first kappa shape index (κ1) is 19.5. The van der Waals surface area contributed by atoms with Crippen molar-refractivity contribution >= 4 is 33.7 Å². The number of benzene rings is 1. The number of halogens is 2. The lowest BCUT2D eigenvalue weighted by atomic mass is 10.0. The predicted octanol–water partition coefficient (Wildman–Crippen LogP) is 4.26. The summed E-state index contributed by atoms with van der Waals surface area (Å²) in [5.74, 6) is -2.09. The molecule has 2 N–H and O–H groups in total.